The molecule has 178 valence electrons. The van der Waals surface area contributed by atoms with Crippen LogP contribution in [0, 0.1) is 5.92 Å². The second-order valence-corrected chi connectivity index (χ2v) is 9.69. The van der Waals surface area contributed by atoms with Crippen LogP contribution in [-0.4, -0.2) is 51.6 Å². The number of thiophene rings is 1. The van der Waals surface area contributed by atoms with Crippen LogP contribution >= 0.6 is 11.3 Å². The van der Waals surface area contributed by atoms with Gasteiger partial charge in [0.15, 0.2) is 0 Å². The molecule has 1 aromatic heterocycles. The summed E-state index contributed by atoms with van der Waals surface area (Å²) in [6.45, 7) is 2.06. The van der Waals surface area contributed by atoms with Crippen LogP contribution in [0.1, 0.15) is 46.3 Å². The Morgan fingerprint density at radius 3 is 2.64 bits per heavy atom. The Balaban J connectivity index is 1.55. The number of carbonyl (C=O) groups is 2. The third-order valence-electron chi connectivity index (χ3n) is 5.98. The van der Waals surface area contributed by atoms with Gasteiger partial charge in [0, 0.05) is 17.8 Å². The Bertz CT molecular complexity index is 976. The van der Waals surface area contributed by atoms with Crippen molar-refractivity contribution in [3.8, 4) is 0 Å². The highest BCUT2D eigenvalue weighted by atomic mass is 32.1. The number of likely N-dealkylation sites (tertiary alicyclic amines) is 1. The van der Waals surface area contributed by atoms with Crippen LogP contribution in [0.5, 0.6) is 0 Å². The fraction of sp³-hybridized carbons (Fsp3) is 0.440. The lowest BCUT2D eigenvalue weighted by Gasteiger charge is -2.22. The van der Waals surface area contributed by atoms with Crippen LogP contribution in [0.2, 0.25) is 0 Å². The number of aryl methyl sites for hydroxylation is 2. The average molecular weight is 478 g/mol. The molecule has 1 aliphatic rings. The number of halogens is 2. The third-order valence-corrected chi connectivity index (χ3v) is 7.11. The Kier molecular flexibility index (Phi) is 8.37. The quantitative estimate of drug-likeness (QED) is 0.456. The Labute approximate surface area is 196 Å². The lowest BCUT2D eigenvalue weighted by atomic mass is 9.95. The van der Waals surface area contributed by atoms with Crippen LogP contribution in [0.3, 0.4) is 0 Å². The number of benzene rings is 1. The lowest BCUT2D eigenvalue weighted by molar-refractivity contribution is -0.148. The maximum absolute atomic E-state index is 14.1. The van der Waals surface area contributed by atoms with Crippen molar-refractivity contribution in [1.82, 2.24) is 4.90 Å². The topological polar surface area (TPSA) is 77.8 Å². The van der Waals surface area contributed by atoms with Crippen molar-refractivity contribution in [2.24, 2.45) is 5.92 Å². The number of aliphatic hydroxyl groups excluding tert-OH is 1. The molecule has 1 amide bonds. The Hall–Kier alpha value is -2.58. The molecule has 1 fully saturated rings. The molecule has 3 atom stereocenters. The first kappa shape index (κ1) is 25.1. The summed E-state index contributed by atoms with van der Waals surface area (Å²) in [5.74, 6) is -5.67. The number of aromatic carboxylic acids is 1. The van der Waals surface area contributed by atoms with E-state index in [9.17, 15) is 23.5 Å². The molecule has 1 saturated heterocycles. The van der Waals surface area contributed by atoms with Gasteiger partial charge in [0.1, 0.15) is 4.88 Å². The maximum atomic E-state index is 14.1. The zero-order valence-electron chi connectivity index (χ0n) is 18.5. The molecular weight excluding hydrogens is 448 g/mol. The van der Waals surface area contributed by atoms with E-state index in [1.807, 2.05) is 37.3 Å². The fourth-order valence-electron chi connectivity index (χ4n) is 3.95. The van der Waals surface area contributed by atoms with Gasteiger partial charge in [0.05, 0.1) is 12.1 Å². The predicted molar refractivity (Wildman–Crippen MR) is 124 cm³/mol. The molecule has 0 bridgehead atoms. The normalized spacial score (nSPS) is 19.8. The van der Waals surface area contributed by atoms with Crippen molar-refractivity contribution in [1.29, 1.82) is 0 Å². The van der Waals surface area contributed by atoms with Crippen LogP contribution in [0.4, 0.5) is 8.78 Å². The first-order chi connectivity index (χ1) is 15.7. The molecule has 3 rings (SSSR count). The van der Waals surface area contributed by atoms with Gasteiger partial charge in [0.25, 0.3) is 5.91 Å². The van der Waals surface area contributed by atoms with Crippen molar-refractivity contribution in [3.05, 3.63) is 69.9 Å². The minimum atomic E-state index is -3.42. The molecule has 0 radical (unpaired) electrons. The predicted octanol–water partition coefficient (Wildman–Crippen LogP) is 4.80. The third kappa shape index (κ3) is 6.71. The molecule has 1 aliphatic heterocycles. The number of hydrogen-bond acceptors (Lipinski definition) is 4. The number of nitrogens with zero attached hydrogens (tertiary/aromatic N) is 1. The number of hydrogen-bond donors (Lipinski definition) is 2. The largest absolute Gasteiger partial charge is 0.477 e. The van der Waals surface area contributed by atoms with E-state index in [1.165, 1.54) is 28.7 Å². The summed E-state index contributed by atoms with van der Waals surface area (Å²) in [5.41, 5.74) is 1.17. The second-order valence-electron chi connectivity index (χ2n) is 8.53. The summed E-state index contributed by atoms with van der Waals surface area (Å²) < 4.78 is 28.2. The lowest BCUT2D eigenvalue weighted by Crippen LogP contribution is -2.36. The molecule has 5 nitrogen and oxygen atoms in total. The van der Waals surface area contributed by atoms with Gasteiger partial charge in [-0.2, -0.15) is 8.78 Å². The summed E-state index contributed by atoms with van der Waals surface area (Å²) in [6.07, 6.45) is 4.17. The summed E-state index contributed by atoms with van der Waals surface area (Å²) in [6, 6.07) is 12.4. The Morgan fingerprint density at radius 1 is 1.24 bits per heavy atom. The highest BCUT2D eigenvalue weighted by Crippen LogP contribution is 2.34. The van der Waals surface area contributed by atoms with Crippen molar-refractivity contribution >= 4 is 23.2 Å². The number of carboxylic acids is 1. The highest BCUT2D eigenvalue weighted by Gasteiger charge is 2.52. The number of aliphatic hydroxyl groups is 1. The molecule has 0 saturated carbocycles. The van der Waals surface area contributed by atoms with E-state index in [1.54, 1.807) is 6.07 Å². The van der Waals surface area contributed by atoms with Gasteiger partial charge >= 0.3 is 11.9 Å². The van der Waals surface area contributed by atoms with Crippen LogP contribution < -0.4 is 0 Å². The molecule has 1 aromatic carbocycles. The standard InChI is InChI=1S/C25H29F2NO4S/c1-17(9-10-18-6-3-2-4-7-18)21(29)13-11-19-16-25(26,27)24(32)28(19)15-5-8-20-12-14-22(33-20)23(30)31/h2-4,6-7,11-14,17,19,21,29H,5,8-10,15-16H2,1H3,(H,30,31)/b13-11+/t17-,19?,21+/m0/s1. The molecule has 8 heteroatoms. The van der Waals surface area contributed by atoms with Crippen LogP contribution in [0.15, 0.2) is 54.6 Å². The van der Waals surface area contributed by atoms with E-state index in [-0.39, 0.29) is 17.3 Å². The number of amides is 1. The molecular formula is C25H29F2NO4S. The smallest absolute Gasteiger partial charge is 0.345 e. The molecule has 0 aliphatic carbocycles. The van der Waals surface area contributed by atoms with E-state index in [0.717, 1.165) is 29.1 Å². The number of alkyl halides is 2. The van der Waals surface area contributed by atoms with Crippen molar-refractivity contribution in [2.75, 3.05) is 6.54 Å². The summed E-state index contributed by atoms with van der Waals surface area (Å²) in [4.78, 5) is 25.4. The van der Waals surface area contributed by atoms with E-state index in [4.69, 9.17) is 5.11 Å². The summed E-state index contributed by atoms with van der Waals surface area (Å²) in [5, 5.41) is 19.5. The minimum absolute atomic E-state index is 0.0604. The number of rotatable bonds is 11. The van der Waals surface area contributed by atoms with Gasteiger partial charge in [-0.25, -0.2) is 4.79 Å². The first-order valence-electron chi connectivity index (χ1n) is 11.1. The first-order valence-corrected chi connectivity index (χ1v) is 11.9. The van der Waals surface area contributed by atoms with E-state index in [2.05, 4.69) is 0 Å². The van der Waals surface area contributed by atoms with Gasteiger partial charge in [-0.15, -0.1) is 11.3 Å². The fourth-order valence-corrected chi connectivity index (χ4v) is 4.84. The van der Waals surface area contributed by atoms with E-state index >= 15 is 0 Å². The van der Waals surface area contributed by atoms with Crippen molar-refractivity contribution in [3.63, 3.8) is 0 Å². The van der Waals surface area contributed by atoms with Gasteiger partial charge in [-0.1, -0.05) is 49.4 Å². The van der Waals surface area contributed by atoms with E-state index < -0.39 is 36.4 Å². The summed E-state index contributed by atoms with van der Waals surface area (Å²) >= 11 is 1.15. The SMILES string of the molecule is C[C@@H](CCc1ccccc1)[C@H](O)/C=C/C1CC(F)(F)C(=O)N1CCCc1ccc(C(=O)O)s1. The molecule has 2 heterocycles. The number of carboxylic acid groups (broad SMARTS) is 1. The van der Waals surface area contributed by atoms with Crippen molar-refractivity contribution < 1.29 is 28.6 Å². The Morgan fingerprint density at radius 2 is 1.97 bits per heavy atom. The van der Waals surface area contributed by atoms with E-state index in [0.29, 0.717) is 12.8 Å². The van der Waals surface area contributed by atoms with Crippen molar-refractivity contribution in [2.45, 2.75) is 57.1 Å². The van der Waals surface area contributed by atoms with Gasteiger partial charge in [-0.05, 0) is 49.3 Å². The second kappa shape index (κ2) is 11.0. The summed E-state index contributed by atoms with van der Waals surface area (Å²) in [7, 11) is 0. The average Bonchev–Trinajstić information content (AvgIpc) is 3.35. The van der Waals surface area contributed by atoms with Gasteiger partial charge in [-0.3, -0.25) is 4.79 Å². The zero-order chi connectivity index (χ0) is 24.0. The molecule has 33 heavy (non-hydrogen) atoms. The molecule has 1 unspecified atom stereocenters. The number of carbonyl (C=O) groups excluding carboxylic acids is 1. The highest BCUT2D eigenvalue weighted by molar-refractivity contribution is 7.13. The van der Waals surface area contributed by atoms with Crippen LogP contribution in [-0.2, 0) is 17.6 Å². The molecule has 2 aromatic rings. The van der Waals surface area contributed by atoms with Gasteiger partial charge < -0.3 is 15.1 Å². The maximum Gasteiger partial charge on any atom is 0.345 e. The minimum Gasteiger partial charge on any atom is -0.477 e. The molecule has 0 spiro atoms. The monoisotopic (exact) mass is 477 g/mol. The van der Waals surface area contributed by atoms with Crippen LogP contribution in [0.25, 0.3) is 0 Å². The molecule has 2 N–H and O–H groups in total. The zero-order valence-corrected chi connectivity index (χ0v) is 19.3. The van der Waals surface area contributed by atoms with Gasteiger partial charge in [0.2, 0.25) is 0 Å².